The normalized spacial score (nSPS) is 30.1. The number of unbranched alkanes of at least 4 members (excludes halogenated alkanes) is 2. The summed E-state index contributed by atoms with van der Waals surface area (Å²) in [6.07, 6.45) is 20.9. The van der Waals surface area contributed by atoms with Crippen LogP contribution in [0, 0.1) is 50.2 Å². The number of carbonyl (C=O) groups excluding carboxylic acids is 4. The molecule has 0 radical (unpaired) electrons. The van der Waals surface area contributed by atoms with Gasteiger partial charge in [-0.15, -0.1) is 6.58 Å². The molecule has 348 valence electrons. The van der Waals surface area contributed by atoms with E-state index in [-0.39, 0.29) is 46.5 Å². The van der Waals surface area contributed by atoms with E-state index in [1.807, 2.05) is 13.0 Å². The monoisotopic (exact) mass is 845 g/mol. The lowest BCUT2D eigenvalue weighted by Gasteiger charge is -2.40. The molecule has 3 rings (SSSR count). The molecule has 0 spiro atoms. The molecule has 8 nitrogen and oxygen atoms in total. The summed E-state index contributed by atoms with van der Waals surface area (Å²) >= 11 is 0. The Bertz CT molecular complexity index is 1340. The van der Waals surface area contributed by atoms with Crippen molar-refractivity contribution in [3.63, 3.8) is 0 Å². The second kappa shape index (κ2) is 24.5. The van der Waals surface area contributed by atoms with Crippen LogP contribution < -0.4 is 0 Å². The Morgan fingerprint density at radius 3 is 1.53 bits per heavy atom. The zero-order valence-electron chi connectivity index (χ0n) is 41.0. The second-order valence-electron chi connectivity index (χ2n) is 22.9. The standard InChI is InChI=1S/C36H62O6.C16H30O2/c1-9-11-12-15-20-42-32(39)36(8,27-33(3,4)5)26-29-19-14-17-22-41-31(38)35(7,25-29)24-28-18-13-16-21-40-30(37)34(6,10-2)23-28;1-6-16(5)12-13(11-15(2,3)4)9-7-8-10-18-14(16)17/h9,28-29H,1,10-27H2,2-8H3;13H,6-12H2,1-5H3. The third-order valence-corrected chi connectivity index (χ3v) is 13.8. The van der Waals surface area contributed by atoms with Gasteiger partial charge in [0, 0.05) is 0 Å². The first-order valence-electron chi connectivity index (χ1n) is 24.2. The number of allylic oxidation sites excluding steroid dienone is 1. The molecule has 0 bridgehead atoms. The average molecular weight is 845 g/mol. The van der Waals surface area contributed by atoms with Crippen LogP contribution in [0.15, 0.2) is 12.7 Å². The molecule has 0 aromatic carbocycles. The van der Waals surface area contributed by atoms with Crippen LogP contribution >= 0.6 is 0 Å². The van der Waals surface area contributed by atoms with Gasteiger partial charge in [0.2, 0.25) is 0 Å². The lowest BCUT2D eigenvalue weighted by molar-refractivity contribution is -0.160. The second-order valence-corrected chi connectivity index (χ2v) is 22.9. The number of hydrogen-bond acceptors (Lipinski definition) is 8. The summed E-state index contributed by atoms with van der Waals surface area (Å²) in [4.78, 5) is 52.5. The van der Waals surface area contributed by atoms with Gasteiger partial charge in [0.1, 0.15) is 0 Å². The van der Waals surface area contributed by atoms with Gasteiger partial charge in [-0.2, -0.15) is 0 Å². The molecule has 3 aliphatic heterocycles. The van der Waals surface area contributed by atoms with Crippen LogP contribution in [0.25, 0.3) is 0 Å². The molecule has 0 amide bonds. The quantitative estimate of drug-likeness (QED) is 0.0737. The first-order valence-corrected chi connectivity index (χ1v) is 24.2. The Balaban J connectivity index is 0.000000573. The van der Waals surface area contributed by atoms with E-state index in [2.05, 4.69) is 82.7 Å². The van der Waals surface area contributed by atoms with E-state index in [0.717, 1.165) is 89.9 Å². The summed E-state index contributed by atoms with van der Waals surface area (Å²) in [5.41, 5.74) is -1.84. The maximum atomic E-state index is 13.7. The molecule has 0 aliphatic carbocycles. The number of hydrogen-bond donors (Lipinski definition) is 0. The third-order valence-electron chi connectivity index (χ3n) is 13.8. The van der Waals surface area contributed by atoms with Crippen LogP contribution in [0.4, 0.5) is 0 Å². The van der Waals surface area contributed by atoms with Crippen LogP contribution in [-0.2, 0) is 38.1 Å². The van der Waals surface area contributed by atoms with Gasteiger partial charge in [0.15, 0.2) is 0 Å². The van der Waals surface area contributed by atoms with Gasteiger partial charge in [-0.3, -0.25) is 19.2 Å². The summed E-state index contributed by atoms with van der Waals surface area (Å²) in [6.45, 7) is 31.5. The lowest BCUT2D eigenvalue weighted by atomic mass is 9.64. The van der Waals surface area contributed by atoms with E-state index in [1.54, 1.807) is 0 Å². The Morgan fingerprint density at radius 2 is 1.08 bits per heavy atom. The molecule has 3 fully saturated rings. The smallest absolute Gasteiger partial charge is 0.311 e. The SMILES string of the molecule is C=CCCCCOC(=O)C(C)(CC1CCCCOC(=O)C(C)(CC2CCCCOC(=O)C(C)(CC)C2)C1)CC(C)(C)C.CCC1(C)CC(CC(C)(C)C)CCCCOC1=O. The largest absolute Gasteiger partial charge is 0.465 e. The molecule has 0 saturated carbocycles. The van der Waals surface area contributed by atoms with Crippen molar-refractivity contribution < 1.29 is 38.1 Å². The molecule has 0 aromatic heterocycles. The molecule has 0 aromatic rings. The zero-order chi connectivity index (χ0) is 45.3. The van der Waals surface area contributed by atoms with E-state index >= 15 is 0 Å². The van der Waals surface area contributed by atoms with Crippen LogP contribution in [0.1, 0.15) is 218 Å². The molecule has 8 heteroatoms. The highest BCUT2D eigenvalue weighted by Gasteiger charge is 2.46. The topological polar surface area (TPSA) is 105 Å². The summed E-state index contributed by atoms with van der Waals surface area (Å²) in [5.74, 6) is 0.733. The molecule has 7 atom stereocenters. The molecule has 0 N–H and O–H groups in total. The van der Waals surface area contributed by atoms with Gasteiger partial charge in [0.05, 0.1) is 48.1 Å². The van der Waals surface area contributed by atoms with E-state index in [4.69, 9.17) is 18.9 Å². The van der Waals surface area contributed by atoms with Crippen molar-refractivity contribution in [1.82, 2.24) is 0 Å². The number of rotatable bonds is 14. The van der Waals surface area contributed by atoms with E-state index in [9.17, 15) is 19.2 Å². The third kappa shape index (κ3) is 18.5. The summed E-state index contributed by atoms with van der Waals surface area (Å²) in [6, 6.07) is 0. The molecular weight excluding hydrogens is 753 g/mol. The Labute approximate surface area is 368 Å². The van der Waals surface area contributed by atoms with Crippen molar-refractivity contribution in [3.05, 3.63) is 12.7 Å². The highest BCUT2D eigenvalue weighted by molar-refractivity contribution is 5.78. The van der Waals surface area contributed by atoms with E-state index in [1.165, 1.54) is 19.3 Å². The predicted molar refractivity (Wildman–Crippen MR) is 244 cm³/mol. The molecule has 3 heterocycles. The number of esters is 4. The fraction of sp³-hybridized carbons (Fsp3) is 0.885. The van der Waals surface area contributed by atoms with Crippen molar-refractivity contribution in [1.29, 1.82) is 0 Å². The molecule has 7 unspecified atom stereocenters. The Hall–Kier alpha value is -2.38. The van der Waals surface area contributed by atoms with Gasteiger partial charge in [-0.05, 0) is 172 Å². The van der Waals surface area contributed by atoms with E-state index in [0.29, 0.717) is 63.4 Å². The van der Waals surface area contributed by atoms with Crippen LogP contribution in [-0.4, -0.2) is 50.3 Å². The maximum Gasteiger partial charge on any atom is 0.311 e. The number of carbonyl (C=O) groups is 4. The van der Waals surface area contributed by atoms with Crippen LogP contribution in [0.2, 0.25) is 0 Å². The maximum absolute atomic E-state index is 13.7. The molecule has 60 heavy (non-hydrogen) atoms. The average Bonchev–Trinajstić information content (AvgIpc) is 3.29. The fourth-order valence-electron chi connectivity index (χ4n) is 10.6. The highest BCUT2D eigenvalue weighted by Crippen LogP contribution is 2.48. The molecular formula is C52H92O8. The van der Waals surface area contributed by atoms with Crippen molar-refractivity contribution in [2.45, 2.75) is 218 Å². The first kappa shape index (κ1) is 53.8. The lowest BCUT2D eigenvalue weighted by Crippen LogP contribution is -2.39. The van der Waals surface area contributed by atoms with Crippen molar-refractivity contribution in [2.75, 3.05) is 26.4 Å². The minimum Gasteiger partial charge on any atom is -0.465 e. The predicted octanol–water partition coefficient (Wildman–Crippen LogP) is 13.6. The summed E-state index contributed by atoms with van der Waals surface area (Å²) in [7, 11) is 0. The summed E-state index contributed by atoms with van der Waals surface area (Å²) < 4.78 is 22.8. The fourth-order valence-corrected chi connectivity index (χ4v) is 10.6. The minimum atomic E-state index is -0.677. The molecule has 3 aliphatic rings. The number of cyclic esters (lactones) is 3. The van der Waals surface area contributed by atoms with Crippen molar-refractivity contribution in [3.8, 4) is 0 Å². The van der Waals surface area contributed by atoms with Gasteiger partial charge < -0.3 is 18.9 Å². The minimum absolute atomic E-state index is 0.0193. The number of ether oxygens (including phenoxy) is 4. The summed E-state index contributed by atoms with van der Waals surface area (Å²) in [5, 5.41) is 0. The first-order chi connectivity index (χ1) is 27.9. The van der Waals surface area contributed by atoms with Gasteiger partial charge >= 0.3 is 23.9 Å². The van der Waals surface area contributed by atoms with Crippen LogP contribution in [0.3, 0.4) is 0 Å². The van der Waals surface area contributed by atoms with Gasteiger partial charge in [-0.1, -0.05) is 80.7 Å². The van der Waals surface area contributed by atoms with Gasteiger partial charge in [-0.25, -0.2) is 0 Å². The van der Waals surface area contributed by atoms with Crippen molar-refractivity contribution in [2.24, 2.45) is 50.2 Å². The Morgan fingerprint density at radius 1 is 0.650 bits per heavy atom. The highest BCUT2D eigenvalue weighted by atomic mass is 16.5. The van der Waals surface area contributed by atoms with E-state index < -0.39 is 16.2 Å². The van der Waals surface area contributed by atoms with Crippen molar-refractivity contribution >= 4 is 23.9 Å². The zero-order valence-corrected chi connectivity index (χ0v) is 41.0. The molecule has 3 saturated heterocycles. The Kier molecular flexibility index (Phi) is 21.9. The van der Waals surface area contributed by atoms with Crippen LogP contribution in [0.5, 0.6) is 0 Å². The van der Waals surface area contributed by atoms with Gasteiger partial charge in [0.25, 0.3) is 0 Å².